The SMILES string of the molecule is c1ccc(N2c3ccccc3CC3Sc4c2cccc4N(c2ccccc2)c2cc4c(cc23)B2c3ccccc3N(c3ccccc3)c3cccc(c32)N4c2ccccc2)cc1. The van der Waals surface area contributed by atoms with Crippen LogP contribution in [0.25, 0.3) is 0 Å². The summed E-state index contributed by atoms with van der Waals surface area (Å²) in [7, 11) is 0. The van der Waals surface area contributed by atoms with Gasteiger partial charge >= 0.3 is 0 Å². The van der Waals surface area contributed by atoms with Gasteiger partial charge in [0.25, 0.3) is 6.71 Å². The largest absolute Gasteiger partial charge is 0.311 e. The summed E-state index contributed by atoms with van der Waals surface area (Å²) in [6.07, 6.45) is 0.875. The number of hydrogen-bond donors (Lipinski definition) is 0. The zero-order valence-corrected chi connectivity index (χ0v) is 34.7. The minimum absolute atomic E-state index is 0.0170. The first-order valence-electron chi connectivity index (χ1n) is 21.5. The second-order valence-corrected chi connectivity index (χ2v) is 17.6. The van der Waals surface area contributed by atoms with Crippen molar-refractivity contribution in [2.45, 2.75) is 16.6 Å². The maximum Gasteiger partial charge on any atom is 0.252 e. The maximum atomic E-state index is 2.61. The number of para-hydroxylation sites is 6. The highest BCUT2D eigenvalue weighted by atomic mass is 32.2. The molecule has 4 aliphatic heterocycles. The Hall–Kier alpha value is -7.41. The molecular weight excluding hydrogens is 772 g/mol. The molecule has 0 radical (unpaired) electrons. The van der Waals surface area contributed by atoms with Crippen molar-refractivity contribution in [3.63, 3.8) is 0 Å². The first-order valence-corrected chi connectivity index (χ1v) is 22.4. The van der Waals surface area contributed by atoms with E-state index in [0.29, 0.717) is 0 Å². The van der Waals surface area contributed by atoms with Gasteiger partial charge < -0.3 is 19.6 Å². The quantitative estimate of drug-likeness (QED) is 0.164. The van der Waals surface area contributed by atoms with E-state index in [1.165, 1.54) is 77.9 Å². The third-order valence-corrected chi connectivity index (χ3v) is 14.4. The molecule has 0 saturated heterocycles. The smallest absolute Gasteiger partial charge is 0.252 e. The molecule has 0 aromatic heterocycles. The summed E-state index contributed by atoms with van der Waals surface area (Å²) in [5.74, 6) is 0. The van der Waals surface area contributed by atoms with Crippen molar-refractivity contribution in [3.8, 4) is 0 Å². The van der Waals surface area contributed by atoms with Gasteiger partial charge in [-0.2, -0.15) is 0 Å². The molecule has 6 heteroatoms. The van der Waals surface area contributed by atoms with Gasteiger partial charge in [0.2, 0.25) is 0 Å². The third-order valence-electron chi connectivity index (χ3n) is 13.0. The zero-order valence-electron chi connectivity index (χ0n) is 33.8. The van der Waals surface area contributed by atoms with Crippen LogP contribution < -0.4 is 36.0 Å². The second kappa shape index (κ2) is 14.1. The molecule has 1 atom stereocenters. The number of rotatable bonds is 4. The predicted octanol–water partition coefficient (Wildman–Crippen LogP) is 13.4. The molecule has 0 saturated carbocycles. The average molecular weight is 811 g/mol. The van der Waals surface area contributed by atoms with Crippen LogP contribution in [0, 0.1) is 0 Å². The fraction of sp³-hybridized carbons (Fsp3) is 0.0357. The van der Waals surface area contributed by atoms with E-state index in [1.807, 2.05) is 11.8 Å². The van der Waals surface area contributed by atoms with Gasteiger partial charge in [0.1, 0.15) is 0 Å². The molecule has 62 heavy (non-hydrogen) atoms. The topological polar surface area (TPSA) is 13.0 Å². The predicted molar refractivity (Wildman–Crippen MR) is 262 cm³/mol. The lowest BCUT2D eigenvalue weighted by Gasteiger charge is -2.44. The van der Waals surface area contributed by atoms with Gasteiger partial charge in [0.05, 0.1) is 22.0 Å². The molecule has 9 aromatic rings. The zero-order chi connectivity index (χ0) is 40.7. The second-order valence-electron chi connectivity index (χ2n) is 16.4. The van der Waals surface area contributed by atoms with Crippen LogP contribution in [0.5, 0.6) is 0 Å². The van der Waals surface area contributed by atoms with Crippen molar-refractivity contribution in [1.29, 1.82) is 0 Å². The van der Waals surface area contributed by atoms with Gasteiger partial charge in [-0.15, -0.1) is 11.8 Å². The molecule has 0 spiro atoms. The van der Waals surface area contributed by atoms with Gasteiger partial charge in [-0.1, -0.05) is 127 Å². The standard InChI is InChI=1S/C56H39BN4S/c1-5-20-39(21-6-1)58-46-29-15-13-19-38(46)35-54-43-36-45-53(37-52(43)61(42-26-11-4-12-27-42)51-34-18-33-50(58)56(51)62-54)60(41-24-9-3-10-25-41)49-32-17-31-48-55(49)57(45)44-28-14-16-30-47(44)59(48)40-22-7-2-8-23-40/h1-34,36-37,54H,35H2. The van der Waals surface area contributed by atoms with Gasteiger partial charge in [-0.05, 0) is 125 Å². The van der Waals surface area contributed by atoms with Gasteiger partial charge in [-0.25, -0.2) is 0 Å². The van der Waals surface area contributed by atoms with Crippen molar-refractivity contribution in [1.82, 2.24) is 0 Å². The summed E-state index contributed by atoms with van der Waals surface area (Å²) in [5, 5.41) is 0.129. The Morgan fingerprint density at radius 3 is 1.37 bits per heavy atom. The Bertz CT molecular complexity index is 3180. The number of benzene rings is 9. The first kappa shape index (κ1) is 35.4. The molecule has 292 valence electrons. The molecule has 2 bridgehead atoms. The molecule has 0 fully saturated rings. The lowest BCUT2D eigenvalue weighted by Crippen LogP contribution is -2.61. The summed E-state index contributed by atoms with van der Waals surface area (Å²) < 4.78 is 0. The van der Waals surface area contributed by atoms with Crippen LogP contribution >= 0.6 is 11.8 Å². The van der Waals surface area contributed by atoms with E-state index < -0.39 is 0 Å². The Balaban J connectivity index is 1.12. The van der Waals surface area contributed by atoms with E-state index in [0.717, 1.165) is 29.2 Å². The number of fused-ring (bicyclic) bond motifs is 8. The number of anilines is 12. The van der Waals surface area contributed by atoms with Crippen molar-refractivity contribution >= 4 is 103 Å². The fourth-order valence-electron chi connectivity index (χ4n) is 10.5. The lowest BCUT2D eigenvalue weighted by atomic mass is 9.33. The van der Waals surface area contributed by atoms with Crippen LogP contribution in [0.15, 0.2) is 223 Å². The molecule has 4 aliphatic rings. The van der Waals surface area contributed by atoms with E-state index in [2.05, 4.69) is 238 Å². The summed E-state index contributed by atoms with van der Waals surface area (Å²) >= 11 is 2.02. The van der Waals surface area contributed by atoms with Crippen LogP contribution in [-0.4, -0.2) is 6.71 Å². The molecule has 4 heterocycles. The van der Waals surface area contributed by atoms with E-state index in [-0.39, 0.29) is 12.0 Å². The summed E-state index contributed by atoms with van der Waals surface area (Å²) in [6.45, 7) is 0.0170. The first-order chi connectivity index (χ1) is 30.8. The van der Waals surface area contributed by atoms with Crippen LogP contribution in [0.2, 0.25) is 0 Å². The molecule has 0 amide bonds. The molecular formula is C56H39BN4S. The van der Waals surface area contributed by atoms with Gasteiger partial charge in [-0.3, -0.25) is 0 Å². The number of hydrogen-bond acceptors (Lipinski definition) is 5. The van der Waals surface area contributed by atoms with Crippen LogP contribution in [0.4, 0.5) is 68.2 Å². The molecule has 13 rings (SSSR count). The van der Waals surface area contributed by atoms with Crippen LogP contribution in [0.3, 0.4) is 0 Å². The Morgan fingerprint density at radius 2 is 0.790 bits per heavy atom. The average Bonchev–Trinajstić information content (AvgIpc) is 3.46. The third kappa shape index (κ3) is 5.30. The molecule has 9 aromatic carbocycles. The van der Waals surface area contributed by atoms with Crippen molar-refractivity contribution < 1.29 is 0 Å². The normalized spacial score (nSPS) is 15.3. The van der Waals surface area contributed by atoms with Crippen LogP contribution in [0.1, 0.15) is 16.4 Å². The lowest BCUT2D eigenvalue weighted by molar-refractivity contribution is 0.926. The molecule has 0 aliphatic carbocycles. The number of thioether (sulfide) groups is 1. The Labute approximate surface area is 367 Å². The number of nitrogens with zero attached hydrogens (tertiary/aromatic N) is 4. The summed E-state index contributed by atoms with van der Waals surface area (Å²) in [6, 6.07) is 80.7. The van der Waals surface area contributed by atoms with E-state index in [4.69, 9.17) is 0 Å². The highest BCUT2D eigenvalue weighted by molar-refractivity contribution is 8.00. The van der Waals surface area contributed by atoms with E-state index in [9.17, 15) is 0 Å². The van der Waals surface area contributed by atoms with Gasteiger partial charge in [0.15, 0.2) is 0 Å². The molecule has 0 N–H and O–H groups in total. The van der Waals surface area contributed by atoms with E-state index >= 15 is 0 Å². The fourth-order valence-corrected chi connectivity index (χ4v) is 11.9. The van der Waals surface area contributed by atoms with Gasteiger partial charge in [0, 0.05) is 56.4 Å². The van der Waals surface area contributed by atoms with Crippen molar-refractivity contribution in [2.24, 2.45) is 0 Å². The van der Waals surface area contributed by atoms with Crippen molar-refractivity contribution in [3.05, 3.63) is 230 Å². The Morgan fingerprint density at radius 1 is 0.355 bits per heavy atom. The summed E-state index contributed by atoms with van der Waals surface area (Å²) in [5.41, 5.74) is 20.9. The Kier molecular flexibility index (Phi) is 8.03. The monoisotopic (exact) mass is 810 g/mol. The molecule has 1 unspecified atom stereocenters. The van der Waals surface area contributed by atoms with Crippen LogP contribution in [-0.2, 0) is 6.42 Å². The minimum atomic E-state index is 0.0170. The minimum Gasteiger partial charge on any atom is -0.311 e. The molecule has 4 nitrogen and oxygen atoms in total. The van der Waals surface area contributed by atoms with Crippen molar-refractivity contribution in [2.75, 3.05) is 19.6 Å². The summed E-state index contributed by atoms with van der Waals surface area (Å²) in [4.78, 5) is 11.3. The maximum absolute atomic E-state index is 2.61. The van der Waals surface area contributed by atoms with E-state index in [1.54, 1.807) is 0 Å². The highest BCUT2D eigenvalue weighted by Gasteiger charge is 2.45. The highest BCUT2D eigenvalue weighted by Crippen LogP contribution is 2.60.